The van der Waals surface area contributed by atoms with Crippen molar-refractivity contribution in [2.24, 2.45) is 0 Å². The van der Waals surface area contributed by atoms with E-state index in [1.54, 1.807) is 48.5 Å². The van der Waals surface area contributed by atoms with Crippen LogP contribution in [0.15, 0.2) is 91.0 Å². The fourth-order valence-electron chi connectivity index (χ4n) is 2.38. The molecule has 0 spiro atoms. The summed E-state index contributed by atoms with van der Waals surface area (Å²) in [6, 6.07) is 28.3. The predicted octanol–water partition coefficient (Wildman–Crippen LogP) is 3.05. The molecule has 0 aliphatic carbocycles. The summed E-state index contributed by atoms with van der Waals surface area (Å²) in [5.41, 5.74) is 2.56. The van der Waals surface area contributed by atoms with Crippen molar-refractivity contribution < 1.29 is 48.0 Å². The molecular weight excluding hydrogens is 428 g/mol. The Morgan fingerprint density at radius 1 is 0.667 bits per heavy atom. The fourth-order valence-corrected chi connectivity index (χ4v) is 2.38. The van der Waals surface area contributed by atoms with Gasteiger partial charge in [0.2, 0.25) is 0 Å². The van der Waals surface area contributed by atoms with Crippen LogP contribution in [0.3, 0.4) is 0 Å². The summed E-state index contributed by atoms with van der Waals surface area (Å²) in [5, 5.41) is 35.9. The molecule has 1 atom stereocenters. The second kappa shape index (κ2) is 18.7. The number of hydrogen-bond acceptors (Lipinski definition) is 6. The first-order valence-corrected chi connectivity index (χ1v) is 8.83. The molecule has 7 heteroatoms. The Hall–Kier alpha value is -2.35. The molecule has 3 aromatic carbocycles. The second-order valence-electron chi connectivity index (χ2n) is 6.11. The van der Waals surface area contributed by atoms with Gasteiger partial charge in [-0.05, 0) is 17.0 Å². The van der Waals surface area contributed by atoms with E-state index in [4.69, 9.17) is 21.0 Å². The zero-order valence-electron chi connectivity index (χ0n) is 16.7. The number of rotatable bonds is 4. The van der Waals surface area contributed by atoms with Crippen molar-refractivity contribution in [3.8, 4) is 0 Å². The summed E-state index contributed by atoms with van der Waals surface area (Å²) in [6.07, 6.45) is -1.08. The van der Waals surface area contributed by atoms with E-state index in [2.05, 4.69) is 38.1 Å². The van der Waals surface area contributed by atoms with Crippen LogP contribution in [0, 0.1) is 0 Å². The van der Waals surface area contributed by atoms with Crippen molar-refractivity contribution in [1.82, 2.24) is 0 Å². The van der Waals surface area contributed by atoms with Crippen LogP contribution in [0.5, 0.6) is 0 Å². The standard InChI is InChI=1S/C14H12O2.C9H12.Fe.2H2O2/c15-13(11-7-3-1-4-8-11)14(16)12-9-5-2-6-10-12;1-8(2)9-6-4-3-5-7-9;;2*1-2/h1-10,13,15H;3-8H,1-2H3;;2*1-2H/q;;+2;;/p-2. The van der Waals surface area contributed by atoms with Gasteiger partial charge in [-0.1, -0.05) is 105 Å². The van der Waals surface area contributed by atoms with Crippen molar-refractivity contribution in [3.63, 3.8) is 0 Å². The monoisotopic (exact) mass is 454 g/mol. The maximum absolute atomic E-state index is 11.9. The van der Waals surface area contributed by atoms with Crippen LogP contribution in [0.25, 0.3) is 0 Å². The van der Waals surface area contributed by atoms with Gasteiger partial charge in [0.15, 0.2) is 5.78 Å². The molecule has 0 aliphatic heterocycles. The zero-order valence-corrected chi connectivity index (χ0v) is 17.8. The van der Waals surface area contributed by atoms with Gasteiger partial charge in [0.25, 0.3) is 0 Å². The zero-order chi connectivity index (χ0) is 22.1. The Morgan fingerprint density at radius 2 is 1.00 bits per heavy atom. The summed E-state index contributed by atoms with van der Waals surface area (Å²) in [6.45, 7) is 4.41. The Bertz CT molecular complexity index is 767. The number of carbonyl (C=O) groups excluding carboxylic acids is 1. The quantitative estimate of drug-likeness (QED) is 0.241. The van der Waals surface area contributed by atoms with Crippen molar-refractivity contribution in [1.29, 1.82) is 0 Å². The molecule has 0 saturated carbocycles. The topological polar surface area (TPSA) is 124 Å². The minimum absolute atomic E-state index is 0. The molecule has 0 aliphatic rings. The molecule has 0 fully saturated rings. The van der Waals surface area contributed by atoms with E-state index in [0.29, 0.717) is 17.0 Å². The van der Waals surface area contributed by atoms with Crippen molar-refractivity contribution in [2.75, 3.05) is 0 Å². The minimum Gasteiger partial charge on any atom is -0.727 e. The molecule has 3 aromatic rings. The Labute approximate surface area is 187 Å². The smallest absolute Gasteiger partial charge is 0.727 e. The molecular formula is C23H26FeO6. The van der Waals surface area contributed by atoms with Gasteiger partial charge in [0, 0.05) is 5.56 Å². The summed E-state index contributed by atoms with van der Waals surface area (Å²) in [5.74, 6) is 0.387. The van der Waals surface area contributed by atoms with Crippen LogP contribution in [-0.2, 0) is 17.1 Å². The Morgan fingerprint density at radius 3 is 1.33 bits per heavy atom. The maximum Gasteiger partial charge on any atom is 2.00 e. The SMILES string of the molecule is CC(C)c1ccccc1.O=C(c1ccccc1)C(O)c1ccccc1.[Fe+2].[O-]O.[O-]O. The second-order valence-corrected chi connectivity index (χ2v) is 6.11. The molecule has 162 valence electrons. The van der Waals surface area contributed by atoms with Gasteiger partial charge < -0.3 is 26.1 Å². The summed E-state index contributed by atoms with van der Waals surface area (Å²) in [4.78, 5) is 11.9. The number of aliphatic hydroxyl groups is 1. The third-order valence-electron chi connectivity index (χ3n) is 3.89. The number of carbonyl (C=O) groups is 1. The van der Waals surface area contributed by atoms with Gasteiger partial charge in [0.05, 0.1) is 0 Å². The molecule has 0 radical (unpaired) electrons. The molecule has 0 heterocycles. The number of aliphatic hydroxyl groups excluding tert-OH is 1. The first kappa shape index (κ1) is 29.8. The molecule has 0 amide bonds. The third kappa shape index (κ3) is 11.0. The van der Waals surface area contributed by atoms with Gasteiger partial charge in [-0.15, -0.1) is 0 Å². The van der Waals surface area contributed by atoms with Crippen LogP contribution >= 0.6 is 0 Å². The third-order valence-corrected chi connectivity index (χ3v) is 3.89. The van der Waals surface area contributed by atoms with Gasteiger partial charge in [-0.2, -0.15) is 0 Å². The van der Waals surface area contributed by atoms with Crippen LogP contribution < -0.4 is 10.5 Å². The van der Waals surface area contributed by atoms with Crippen LogP contribution in [0.2, 0.25) is 0 Å². The van der Waals surface area contributed by atoms with Crippen molar-refractivity contribution in [2.45, 2.75) is 25.9 Å². The fraction of sp³-hybridized carbons (Fsp3) is 0.174. The first-order valence-electron chi connectivity index (χ1n) is 8.83. The molecule has 3 N–H and O–H groups in total. The van der Waals surface area contributed by atoms with E-state index in [1.807, 2.05) is 18.2 Å². The number of ketones is 1. The Kier molecular flexibility index (Phi) is 18.6. The van der Waals surface area contributed by atoms with E-state index in [9.17, 15) is 9.90 Å². The van der Waals surface area contributed by atoms with E-state index in [0.717, 1.165) is 0 Å². The normalized spacial score (nSPS) is 9.87. The maximum atomic E-state index is 11.9. The average molecular weight is 454 g/mol. The molecule has 1 unspecified atom stereocenters. The van der Waals surface area contributed by atoms with Gasteiger partial charge in [0.1, 0.15) is 6.10 Å². The van der Waals surface area contributed by atoms with Crippen LogP contribution in [-0.4, -0.2) is 21.4 Å². The van der Waals surface area contributed by atoms with Crippen molar-refractivity contribution in [3.05, 3.63) is 108 Å². The summed E-state index contributed by atoms with van der Waals surface area (Å²) < 4.78 is 0. The summed E-state index contributed by atoms with van der Waals surface area (Å²) in [7, 11) is 0. The minimum atomic E-state index is -1.08. The van der Waals surface area contributed by atoms with Crippen LogP contribution in [0.4, 0.5) is 0 Å². The molecule has 0 saturated heterocycles. The number of hydrogen-bond donors (Lipinski definition) is 3. The molecule has 30 heavy (non-hydrogen) atoms. The van der Waals surface area contributed by atoms with E-state index >= 15 is 0 Å². The van der Waals surface area contributed by atoms with Crippen molar-refractivity contribution >= 4 is 5.78 Å². The summed E-state index contributed by atoms with van der Waals surface area (Å²) >= 11 is 0. The molecule has 0 aromatic heterocycles. The first-order chi connectivity index (χ1) is 14.1. The Balaban J connectivity index is 0. The van der Waals surface area contributed by atoms with Gasteiger partial charge >= 0.3 is 17.1 Å². The molecule has 0 bridgehead atoms. The molecule has 6 nitrogen and oxygen atoms in total. The predicted molar refractivity (Wildman–Crippen MR) is 108 cm³/mol. The average Bonchev–Trinajstić information content (AvgIpc) is 2.83. The van der Waals surface area contributed by atoms with Gasteiger partial charge in [-0.3, -0.25) is 4.79 Å². The van der Waals surface area contributed by atoms with Gasteiger partial charge in [-0.25, -0.2) is 0 Å². The number of Topliss-reactive ketones (excluding diaryl/α,β-unsaturated/α-hetero) is 1. The van der Waals surface area contributed by atoms with E-state index in [1.165, 1.54) is 5.56 Å². The number of benzene rings is 3. The van der Waals surface area contributed by atoms with E-state index in [-0.39, 0.29) is 22.9 Å². The van der Waals surface area contributed by atoms with E-state index < -0.39 is 6.10 Å². The van der Waals surface area contributed by atoms with Crippen LogP contribution in [0.1, 0.15) is 47.4 Å². The molecule has 3 rings (SSSR count). The largest absolute Gasteiger partial charge is 2.00 e.